The smallest absolute Gasteiger partial charge is 0.269 e. The summed E-state index contributed by atoms with van der Waals surface area (Å²) in [6.45, 7) is 7.48. The largest absolute Gasteiger partial charge is 0.364 e. The van der Waals surface area contributed by atoms with E-state index in [1.807, 2.05) is 30.7 Å². The fraction of sp³-hybridized carbons (Fsp3) is 0.333. The van der Waals surface area contributed by atoms with E-state index in [1.54, 1.807) is 29.1 Å². The molecule has 1 aliphatic heterocycles. The van der Waals surface area contributed by atoms with Gasteiger partial charge in [-0.05, 0) is 32.0 Å². The summed E-state index contributed by atoms with van der Waals surface area (Å²) in [7, 11) is 0. The standard InChI is InChI=1S/C21H24N6O2/c1-13(2)27-20-14(3)11-25(12-16(20)19(24-27)21(22)29)17-8-7-15(10-23-17)26-9-5-4-6-18(26)28/h4-10,13-14H,11-12H2,1-3H3,(H2,22,29). The summed E-state index contributed by atoms with van der Waals surface area (Å²) < 4.78 is 3.46. The molecular formula is C21H24N6O2. The van der Waals surface area contributed by atoms with Gasteiger partial charge in [-0.3, -0.25) is 18.8 Å². The molecule has 0 aromatic carbocycles. The average Bonchev–Trinajstić information content (AvgIpc) is 3.09. The highest BCUT2D eigenvalue weighted by Crippen LogP contribution is 2.34. The van der Waals surface area contributed by atoms with Gasteiger partial charge in [-0.2, -0.15) is 5.10 Å². The summed E-state index contributed by atoms with van der Waals surface area (Å²) in [6, 6.07) is 8.94. The quantitative estimate of drug-likeness (QED) is 0.734. The van der Waals surface area contributed by atoms with Crippen molar-refractivity contribution in [2.45, 2.75) is 39.3 Å². The Bertz CT molecular complexity index is 1110. The SMILES string of the molecule is CC1CN(c2ccc(-n3ccccc3=O)cn2)Cc2c(C(N)=O)nn(C(C)C)c21. The lowest BCUT2D eigenvalue weighted by atomic mass is 9.95. The highest BCUT2D eigenvalue weighted by atomic mass is 16.1. The van der Waals surface area contributed by atoms with Crippen molar-refractivity contribution in [3.8, 4) is 5.69 Å². The Morgan fingerprint density at radius 3 is 2.66 bits per heavy atom. The molecule has 8 nitrogen and oxygen atoms in total. The van der Waals surface area contributed by atoms with Crippen LogP contribution in [0.15, 0.2) is 47.5 Å². The van der Waals surface area contributed by atoms with Gasteiger partial charge in [0, 0.05) is 48.6 Å². The van der Waals surface area contributed by atoms with Crippen LogP contribution in [0.2, 0.25) is 0 Å². The molecule has 0 saturated heterocycles. The van der Waals surface area contributed by atoms with Crippen LogP contribution in [0.5, 0.6) is 0 Å². The van der Waals surface area contributed by atoms with Crippen LogP contribution >= 0.6 is 0 Å². The van der Waals surface area contributed by atoms with E-state index >= 15 is 0 Å². The predicted octanol–water partition coefficient (Wildman–Crippen LogP) is 2.23. The number of anilines is 1. The number of pyridine rings is 2. The van der Waals surface area contributed by atoms with Crippen LogP contribution in [0.1, 0.15) is 54.5 Å². The number of hydrogen-bond acceptors (Lipinski definition) is 5. The van der Waals surface area contributed by atoms with Crippen LogP contribution in [-0.2, 0) is 6.54 Å². The van der Waals surface area contributed by atoms with Crippen LogP contribution < -0.4 is 16.2 Å². The number of hydrogen-bond donors (Lipinski definition) is 1. The van der Waals surface area contributed by atoms with Gasteiger partial charge >= 0.3 is 0 Å². The van der Waals surface area contributed by atoms with Crippen molar-refractivity contribution in [3.63, 3.8) is 0 Å². The molecule has 1 aliphatic rings. The number of fused-ring (bicyclic) bond motifs is 1. The number of nitrogens with two attached hydrogens (primary N) is 1. The predicted molar refractivity (Wildman–Crippen MR) is 110 cm³/mol. The van der Waals surface area contributed by atoms with E-state index in [1.165, 1.54) is 6.07 Å². The Morgan fingerprint density at radius 1 is 1.24 bits per heavy atom. The van der Waals surface area contributed by atoms with E-state index in [9.17, 15) is 9.59 Å². The van der Waals surface area contributed by atoms with E-state index in [0.717, 1.165) is 23.6 Å². The highest BCUT2D eigenvalue weighted by Gasteiger charge is 2.32. The van der Waals surface area contributed by atoms with Crippen LogP contribution in [0.3, 0.4) is 0 Å². The molecule has 3 aromatic rings. The van der Waals surface area contributed by atoms with Crippen LogP contribution in [-0.4, -0.2) is 31.8 Å². The van der Waals surface area contributed by atoms with Gasteiger partial charge in [-0.1, -0.05) is 13.0 Å². The molecule has 2 N–H and O–H groups in total. The number of aromatic nitrogens is 4. The summed E-state index contributed by atoms with van der Waals surface area (Å²) in [5.41, 5.74) is 8.47. The first-order chi connectivity index (χ1) is 13.9. The zero-order valence-corrected chi connectivity index (χ0v) is 16.7. The van der Waals surface area contributed by atoms with Crippen molar-refractivity contribution in [1.82, 2.24) is 19.3 Å². The number of carbonyl (C=O) groups excluding carboxylic acids is 1. The normalized spacial score (nSPS) is 16.1. The van der Waals surface area contributed by atoms with Crippen molar-refractivity contribution in [2.75, 3.05) is 11.4 Å². The van der Waals surface area contributed by atoms with E-state index in [4.69, 9.17) is 5.73 Å². The fourth-order valence-corrected chi connectivity index (χ4v) is 3.95. The van der Waals surface area contributed by atoms with Crippen LogP contribution in [0.4, 0.5) is 5.82 Å². The Balaban J connectivity index is 1.68. The van der Waals surface area contributed by atoms with Crippen molar-refractivity contribution in [2.24, 2.45) is 5.73 Å². The number of primary amides is 1. The average molecular weight is 392 g/mol. The first-order valence-corrected chi connectivity index (χ1v) is 9.67. The van der Waals surface area contributed by atoms with Gasteiger partial charge in [0.05, 0.1) is 11.9 Å². The van der Waals surface area contributed by atoms with Crippen molar-refractivity contribution < 1.29 is 4.79 Å². The van der Waals surface area contributed by atoms with Gasteiger partial charge in [-0.15, -0.1) is 0 Å². The minimum absolute atomic E-state index is 0.106. The number of nitrogens with zero attached hydrogens (tertiary/aromatic N) is 5. The van der Waals surface area contributed by atoms with Crippen LogP contribution in [0, 0.1) is 0 Å². The number of carbonyl (C=O) groups is 1. The molecule has 1 atom stereocenters. The van der Waals surface area contributed by atoms with Crippen LogP contribution in [0.25, 0.3) is 5.69 Å². The minimum atomic E-state index is -0.513. The molecule has 0 bridgehead atoms. The molecule has 1 unspecified atom stereocenters. The third-order valence-electron chi connectivity index (χ3n) is 5.24. The Morgan fingerprint density at radius 2 is 2.03 bits per heavy atom. The summed E-state index contributed by atoms with van der Waals surface area (Å²) in [5.74, 6) is 0.435. The molecular weight excluding hydrogens is 368 g/mol. The summed E-state index contributed by atoms with van der Waals surface area (Å²) >= 11 is 0. The topological polar surface area (TPSA) is 99.0 Å². The Kier molecular flexibility index (Phi) is 4.70. The van der Waals surface area contributed by atoms with Gasteiger partial charge < -0.3 is 10.6 Å². The zero-order chi connectivity index (χ0) is 20.7. The second-order valence-corrected chi connectivity index (χ2v) is 7.68. The van der Waals surface area contributed by atoms with Gasteiger partial charge in [0.15, 0.2) is 5.69 Å². The second kappa shape index (κ2) is 7.20. The lowest BCUT2D eigenvalue weighted by molar-refractivity contribution is 0.0993. The second-order valence-electron chi connectivity index (χ2n) is 7.68. The molecule has 0 aliphatic carbocycles. The maximum absolute atomic E-state index is 12.0. The van der Waals surface area contributed by atoms with Crippen molar-refractivity contribution >= 4 is 11.7 Å². The van der Waals surface area contributed by atoms with E-state index < -0.39 is 5.91 Å². The van der Waals surface area contributed by atoms with E-state index in [0.29, 0.717) is 17.9 Å². The highest BCUT2D eigenvalue weighted by molar-refractivity contribution is 5.92. The third kappa shape index (κ3) is 3.30. The summed E-state index contributed by atoms with van der Waals surface area (Å²) in [4.78, 5) is 30.7. The summed E-state index contributed by atoms with van der Waals surface area (Å²) in [6.07, 6.45) is 3.40. The maximum Gasteiger partial charge on any atom is 0.269 e. The molecule has 4 rings (SSSR count). The van der Waals surface area contributed by atoms with Crippen molar-refractivity contribution in [1.29, 1.82) is 0 Å². The molecule has 8 heteroatoms. The Labute approximate surface area is 168 Å². The maximum atomic E-state index is 12.0. The molecule has 150 valence electrons. The number of rotatable bonds is 4. The molecule has 4 heterocycles. The Hall–Kier alpha value is -3.42. The first kappa shape index (κ1) is 18.9. The molecule has 0 saturated carbocycles. The first-order valence-electron chi connectivity index (χ1n) is 9.67. The fourth-order valence-electron chi connectivity index (χ4n) is 3.95. The monoisotopic (exact) mass is 392 g/mol. The van der Waals surface area contributed by atoms with Gasteiger partial charge in [0.1, 0.15) is 5.82 Å². The van der Waals surface area contributed by atoms with E-state index in [2.05, 4.69) is 21.9 Å². The van der Waals surface area contributed by atoms with E-state index in [-0.39, 0.29) is 17.5 Å². The van der Waals surface area contributed by atoms with Gasteiger partial charge in [0.2, 0.25) is 0 Å². The minimum Gasteiger partial charge on any atom is -0.364 e. The summed E-state index contributed by atoms with van der Waals surface area (Å²) in [5, 5.41) is 4.49. The molecule has 0 fully saturated rings. The molecule has 3 aromatic heterocycles. The number of amides is 1. The lowest BCUT2D eigenvalue weighted by Crippen LogP contribution is -2.35. The van der Waals surface area contributed by atoms with Crippen molar-refractivity contribution in [3.05, 3.63) is 70.0 Å². The zero-order valence-electron chi connectivity index (χ0n) is 16.7. The molecule has 0 spiro atoms. The lowest BCUT2D eigenvalue weighted by Gasteiger charge is -2.33. The molecule has 0 radical (unpaired) electrons. The third-order valence-corrected chi connectivity index (χ3v) is 5.24. The molecule has 29 heavy (non-hydrogen) atoms. The molecule has 1 amide bonds. The van der Waals surface area contributed by atoms with Gasteiger partial charge in [0.25, 0.3) is 11.5 Å². The van der Waals surface area contributed by atoms with Gasteiger partial charge in [-0.25, -0.2) is 4.98 Å².